The molecule has 1 aliphatic heterocycles. The van der Waals surface area contributed by atoms with Gasteiger partial charge in [-0.05, 0) is 80.6 Å². The molecular formula is C29H23F4N3O4S. The number of carboxylic acids is 1. The van der Waals surface area contributed by atoms with Gasteiger partial charge in [-0.25, -0.2) is 14.2 Å². The van der Waals surface area contributed by atoms with Gasteiger partial charge in [0.2, 0.25) is 0 Å². The summed E-state index contributed by atoms with van der Waals surface area (Å²) >= 11 is 1.22. The molecule has 1 saturated carbocycles. The fourth-order valence-corrected chi connectivity index (χ4v) is 7.34. The lowest BCUT2D eigenvalue weighted by molar-refractivity contribution is -0.274. The number of benzene rings is 2. The fraction of sp³-hybridized carbons (Fsp3) is 0.345. The van der Waals surface area contributed by atoms with Crippen molar-refractivity contribution in [2.45, 2.75) is 44.4 Å². The van der Waals surface area contributed by atoms with Crippen LogP contribution in [-0.2, 0) is 0 Å². The van der Waals surface area contributed by atoms with Gasteiger partial charge in [0, 0.05) is 22.5 Å². The maximum absolute atomic E-state index is 15.0. The van der Waals surface area contributed by atoms with Crippen LogP contribution in [0.5, 0.6) is 5.75 Å². The van der Waals surface area contributed by atoms with Gasteiger partial charge in [0.1, 0.15) is 27.7 Å². The van der Waals surface area contributed by atoms with Crippen molar-refractivity contribution in [2.24, 2.45) is 5.41 Å². The van der Waals surface area contributed by atoms with Crippen LogP contribution in [-0.4, -0.2) is 40.7 Å². The molecule has 7 nitrogen and oxygen atoms in total. The quantitative estimate of drug-likeness (QED) is 0.230. The van der Waals surface area contributed by atoms with Gasteiger partial charge in [-0.1, -0.05) is 17.3 Å². The lowest BCUT2D eigenvalue weighted by atomic mass is 9.57. The number of thiazole rings is 1. The summed E-state index contributed by atoms with van der Waals surface area (Å²) in [6, 6.07) is 8.24. The number of aromatic nitrogens is 2. The zero-order chi connectivity index (χ0) is 28.5. The number of alkyl halides is 3. The summed E-state index contributed by atoms with van der Waals surface area (Å²) in [5.41, 5.74) is 2.51. The van der Waals surface area contributed by atoms with E-state index in [2.05, 4.69) is 20.2 Å². The highest BCUT2D eigenvalue weighted by molar-refractivity contribution is 7.19. The molecule has 41 heavy (non-hydrogen) atoms. The van der Waals surface area contributed by atoms with E-state index in [1.54, 1.807) is 6.07 Å². The molecule has 3 aliphatic rings. The second kappa shape index (κ2) is 9.38. The summed E-state index contributed by atoms with van der Waals surface area (Å²) in [7, 11) is 0. The highest BCUT2D eigenvalue weighted by Gasteiger charge is 2.50. The molecule has 2 fully saturated rings. The molecular weight excluding hydrogens is 562 g/mol. The number of carboxylic acid groups (broad SMARTS) is 1. The number of allylic oxidation sites excluding steroid dienone is 2. The lowest BCUT2D eigenvalue weighted by Crippen LogP contribution is -2.42. The van der Waals surface area contributed by atoms with Crippen LogP contribution < -0.4 is 10.1 Å². The maximum Gasteiger partial charge on any atom is 0.573 e. The van der Waals surface area contributed by atoms with E-state index in [0.29, 0.717) is 27.5 Å². The topological polar surface area (TPSA) is 97.5 Å². The standard InChI is InChI=1S/C29H23F4N3O4S/c30-18-11-15(27(37)38)12-20-24(18)35-26(41-20)22-17(13-28(22)7-9-34-10-8-28)21-23(36-40-25(21)14-5-6-14)16-3-1-2-4-19(16)39-29(31,32)33/h1-4,11-12,14,34H,5-10,13H2,(H,37,38). The molecule has 2 aliphatic carbocycles. The molecule has 0 radical (unpaired) electrons. The van der Waals surface area contributed by atoms with Crippen molar-refractivity contribution in [3.8, 4) is 17.0 Å². The number of halogens is 4. The molecule has 4 aromatic rings. The number of nitrogens with zero attached hydrogens (tertiary/aromatic N) is 2. The normalized spacial score (nSPS) is 18.6. The molecule has 2 N–H and O–H groups in total. The van der Waals surface area contributed by atoms with Crippen molar-refractivity contribution < 1.29 is 36.7 Å². The van der Waals surface area contributed by atoms with Crippen LogP contribution in [0.2, 0.25) is 0 Å². The highest BCUT2D eigenvalue weighted by Crippen LogP contribution is 2.63. The van der Waals surface area contributed by atoms with E-state index in [1.165, 1.54) is 35.6 Å². The first-order valence-electron chi connectivity index (χ1n) is 13.3. The van der Waals surface area contributed by atoms with E-state index in [-0.39, 0.29) is 39.4 Å². The Balaban J connectivity index is 1.45. The van der Waals surface area contributed by atoms with Crippen molar-refractivity contribution in [1.29, 1.82) is 0 Å². The number of piperidine rings is 1. The Kier molecular flexibility index (Phi) is 5.98. The molecule has 0 atom stereocenters. The van der Waals surface area contributed by atoms with E-state index < -0.39 is 18.1 Å². The van der Waals surface area contributed by atoms with Crippen molar-refractivity contribution in [2.75, 3.05) is 13.1 Å². The number of nitrogens with one attached hydrogen (secondary N) is 1. The van der Waals surface area contributed by atoms with Gasteiger partial charge in [0.05, 0.1) is 10.3 Å². The first-order valence-corrected chi connectivity index (χ1v) is 14.1. The largest absolute Gasteiger partial charge is 0.573 e. The van der Waals surface area contributed by atoms with Gasteiger partial charge < -0.3 is 19.7 Å². The first kappa shape index (κ1) is 26.1. The van der Waals surface area contributed by atoms with Crippen LogP contribution in [0.3, 0.4) is 0 Å². The van der Waals surface area contributed by atoms with Gasteiger partial charge in [0.15, 0.2) is 5.82 Å². The highest BCUT2D eigenvalue weighted by atomic mass is 32.1. The zero-order valence-electron chi connectivity index (χ0n) is 21.5. The van der Waals surface area contributed by atoms with Crippen molar-refractivity contribution in [3.05, 3.63) is 64.1 Å². The fourth-order valence-electron chi connectivity index (χ4n) is 6.13. The molecule has 3 heterocycles. The molecule has 12 heteroatoms. The van der Waals surface area contributed by atoms with Gasteiger partial charge in [-0.2, -0.15) is 0 Å². The Labute approximate surface area is 234 Å². The second-order valence-electron chi connectivity index (χ2n) is 10.8. The lowest BCUT2D eigenvalue weighted by Gasteiger charge is -2.48. The Morgan fingerprint density at radius 2 is 1.93 bits per heavy atom. The Bertz CT molecular complexity index is 1730. The third-order valence-corrected chi connectivity index (χ3v) is 9.17. The van der Waals surface area contributed by atoms with Crippen LogP contribution in [0.1, 0.15) is 64.7 Å². The van der Waals surface area contributed by atoms with Crippen molar-refractivity contribution in [1.82, 2.24) is 15.5 Å². The monoisotopic (exact) mass is 585 g/mol. The molecule has 1 spiro atoms. The van der Waals surface area contributed by atoms with Crippen LogP contribution in [0.25, 0.3) is 32.6 Å². The van der Waals surface area contributed by atoms with E-state index >= 15 is 0 Å². The third-order valence-electron chi connectivity index (χ3n) is 8.15. The summed E-state index contributed by atoms with van der Waals surface area (Å²) in [6.45, 7) is 1.54. The van der Waals surface area contributed by atoms with Crippen molar-refractivity contribution in [3.63, 3.8) is 0 Å². The number of carbonyl (C=O) groups is 1. The summed E-state index contributed by atoms with van der Waals surface area (Å²) in [5, 5.41) is 17.7. The van der Waals surface area contributed by atoms with E-state index in [4.69, 9.17) is 4.52 Å². The Morgan fingerprint density at radius 3 is 2.63 bits per heavy atom. The zero-order valence-corrected chi connectivity index (χ0v) is 22.3. The minimum atomic E-state index is -4.89. The number of para-hydroxylation sites is 1. The summed E-state index contributed by atoms with van der Waals surface area (Å²) in [4.78, 5) is 16.2. The molecule has 0 amide bonds. The van der Waals surface area contributed by atoms with E-state index in [1.807, 2.05) is 0 Å². The Morgan fingerprint density at radius 1 is 1.17 bits per heavy atom. The van der Waals surface area contributed by atoms with Gasteiger partial charge in [0.25, 0.3) is 0 Å². The summed E-state index contributed by atoms with van der Waals surface area (Å²) in [5.74, 6) is -1.60. The number of aromatic carboxylic acids is 1. The van der Waals surface area contributed by atoms with Gasteiger partial charge in [-0.3, -0.25) is 0 Å². The maximum atomic E-state index is 15.0. The SMILES string of the molecule is O=C(O)c1cc(F)c2nc(C3=C(c4c(-c5ccccc5OC(F)(F)F)noc4C4CC4)CC34CCNCC4)sc2c1. The molecule has 2 aromatic heterocycles. The number of hydrogen-bond acceptors (Lipinski definition) is 7. The summed E-state index contributed by atoms with van der Waals surface area (Å²) in [6.07, 6.45) is -0.886. The molecule has 0 unspecified atom stereocenters. The van der Waals surface area contributed by atoms with Crippen molar-refractivity contribution >= 4 is 38.7 Å². The number of rotatable bonds is 6. The predicted octanol–water partition coefficient (Wildman–Crippen LogP) is 7.25. The number of hydrogen-bond donors (Lipinski definition) is 2. The second-order valence-corrected chi connectivity index (χ2v) is 11.8. The van der Waals surface area contributed by atoms with E-state index in [9.17, 15) is 27.5 Å². The Hall–Kier alpha value is -3.77. The smallest absolute Gasteiger partial charge is 0.478 e. The van der Waals surface area contributed by atoms with E-state index in [0.717, 1.165) is 56.0 Å². The molecule has 212 valence electrons. The van der Waals surface area contributed by atoms with Crippen LogP contribution >= 0.6 is 11.3 Å². The number of ether oxygens (including phenoxy) is 1. The first-order chi connectivity index (χ1) is 19.6. The minimum absolute atomic E-state index is 0.0923. The third kappa shape index (κ3) is 4.49. The average molecular weight is 586 g/mol. The molecule has 7 rings (SSSR count). The van der Waals surface area contributed by atoms with Crippen LogP contribution in [0, 0.1) is 11.2 Å². The minimum Gasteiger partial charge on any atom is -0.478 e. The molecule has 0 bridgehead atoms. The number of fused-ring (bicyclic) bond motifs is 1. The predicted molar refractivity (Wildman–Crippen MR) is 143 cm³/mol. The average Bonchev–Trinajstić information content (AvgIpc) is 3.53. The summed E-state index contributed by atoms with van der Waals surface area (Å²) < 4.78 is 65.5. The van der Waals surface area contributed by atoms with Crippen LogP contribution in [0.4, 0.5) is 17.6 Å². The van der Waals surface area contributed by atoms with Gasteiger partial charge >= 0.3 is 12.3 Å². The molecule has 2 aromatic carbocycles. The van der Waals surface area contributed by atoms with Crippen LogP contribution in [0.15, 0.2) is 40.9 Å². The van der Waals surface area contributed by atoms with Gasteiger partial charge in [-0.15, -0.1) is 24.5 Å². The molecule has 1 saturated heterocycles.